The van der Waals surface area contributed by atoms with Gasteiger partial charge in [-0.05, 0) is 43.5 Å². The number of carboxylic acids is 1. The Morgan fingerprint density at radius 1 is 0.781 bits per heavy atom. The molecule has 0 bridgehead atoms. The number of ether oxygens (including phenoxy) is 1. The number of hydrogen-bond acceptors (Lipinski definition) is 4. The van der Waals surface area contributed by atoms with Crippen LogP contribution in [0.3, 0.4) is 0 Å². The zero-order valence-corrected chi connectivity index (χ0v) is 17.7. The van der Waals surface area contributed by atoms with Crippen molar-refractivity contribution < 1.29 is 19.1 Å². The van der Waals surface area contributed by atoms with Crippen LogP contribution in [0.15, 0.2) is 89.3 Å². The van der Waals surface area contributed by atoms with Gasteiger partial charge in [-0.2, -0.15) is 0 Å². The Morgan fingerprint density at radius 3 is 2.09 bits per heavy atom. The second kappa shape index (κ2) is 10.4. The van der Waals surface area contributed by atoms with E-state index in [4.69, 9.17) is 19.2 Å². The molecule has 0 aliphatic carbocycles. The first-order valence-corrected chi connectivity index (χ1v) is 10.8. The van der Waals surface area contributed by atoms with Crippen molar-refractivity contribution in [3.05, 3.63) is 84.9 Å². The smallest absolute Gasteiger partial charge is 0.303 e. The Balaban J connectivity index is 1.49. The van der Waals surface area contributed by atoms with Crippen LogP contribution in [-0.4, -0.2) is 22.7 Å². The van der Waals surface area contributed by atoms with E-state index in [-0.39, 0.29) is 6.42 Å². The predicted molar refractivity (Wildman–Crippen MR) is 124 cm³/mol. The summed E-state index contributed by atoms with van der Waals surface area (Å²) >= 11 is 0. The van der Waals surface area contributed by atoms with Crippen molar-refractivity contribution >= 4 is 5.97 Å². The van der Waals surface area contributed by atoms with Crippen molar-refractivity contribution in [2.45, 2.75) is 25.7 Å². The van der Waals surface area contributed by atoms with Gasteiger partial charge < -0.3 is 14.3 Å². The molecule has 0 radical (unpaired) electrons. The lowest BCUT2D eigenvalue weighted by Crippen LogP contribution is -1.99. The Bertz CT molecular complexity index is 1080. The molecule has 162 valence electrons. The molecule has 0 unspecified atom stereocenters. The first-order chi connectivity index (χ1) is 15.7. The predicted octanol–water partition coefficient (Wildman–Crippen LogP) is 6.70. The number of rotatable bonds is 10. The van der Waals surface area contributed by atoms with Crippen LogP contribution in [0.5, 0.6) is 5.75 Å². The molecule has 0 atom stereocenters. The molecule has 0 saturated heterocycles. The molecule has 0 saturated carbocycles. The highest BCUT2D eigenvalue weighted by Crippen LogP contribution is 2.36. The molecule has 0 aliphatic heterocycles. The lowest BCUT2D eigenvalue weighted by molar-refractivity contribution is -0.137. The molecule has 0 spiro atoms. The minimum atomic E-state index is -0.751. The number of carbonyl (C=O) groups is 1. The normalized spacial score (nSPS) is 10.8. The molecule has 3 aromatic carbocycles. The Kier molecular flexibility index (Phi) is 6.98. The van der Waals surface area contributed by atoms with Gasteiger partial charge in [0.2, 0.25) is 5.89 Å². The molecule has 1 N–H and O–H groups in total. The van der Waals surface area contributed by atoms with E-state index in [0.29, 0.717) is 18.9 Å². The molecule has 5 nitrogen and oxygen atoms in total. The first kappa shape index (κ1) is 21.4. The number of nitrogens with zero attached hydrogens (tertiary/aromatic N) is 1. The molecule has 0 amide bonds. The van der Waals surface area contributed by atoms with Crippen LogP contribution >= 0.6 is 0 Å². The maximum atomic E-state index is 10.5. The van der Waals surface area contributed by atoms with Gasteiger partial charge in [-0.1, -0.05) is 60.7 Å². The minimum absolute atomic E-state index is 0.209. The third-order valence-corrected chi connectivity index (χ3v) is 5.12. The van der Waals surface area contributed by atoms with Crippen molar-refractivity contribution in [3.63, 3.8) is 0 Å². The summed E-state index contributed by atoms with van der Waals surface area (Å²) < 4.78 is 12.0. The standard InChI is InChI=1S/C27H25NO4/c29-24(30)14-8-3-9-19-31-23-17-15-22(16-18-23)27-28-25(20-10-4-1-5-11-20)26(32-27)21-12-6-2-7-13-21/h1-2,4-7,10-13,15-18H,3,8-9,14,19H2,(H,29,30). The fourth-order valence-electron chi connectivity index (χ4n) is 3.46. The summed E-state index contributed by atoms with van der Waals surface area (Å²) in [6.07, 6.45) is 2.55. The third kappa shape index (κ3) is 5.43. The second-order valence-corrected chi connectivity index (χ2v) is 7.51. The largest absolute Gasteiger partial charge is 0.494 e. The van der Waals surface area contributed by atoms with E-state index in [2.05, 4.69) is 0 Å². The molecule has 32 heavy (non-hydrogen) atoms. The van der Waals surface area contributed by atoms with Gasteiger partial charge in [0.1, 0.15) is 11.4 Å². The van der Waals surface area contributed by atoms with Gasteiger partial charge in [0.05, 0.1) is 6.61 Å². The summed E-state index contributed by atoms with van der Waals surface area (Å²) in [6, 6.07) is 27.7. The van der Waals surface area contributed by atoms with Gasteiger partial charge in [0, 0.05) is 23.1 Å². The van der Waals surface area contributed by atoms with Crippen molar-refractivity contribution in [1.29, 1.82) is 0 Å². The highest BCUT2D eigenvalue weighted by Gasteiger charge is 2.17. The molecule has 0 aliphatic rings. The number of hydrogen-bond donors (Lipinski definition) is 1. The molecule has 0 fully saturated rings. The Hall–Kier alpha value is -3.86. The zero-order chi connectivity index (χ0) is 22.2. The molecule has 5 heteroatoms. The quantitative estimate of drug-likeness (QED) is 0.285. The molecule has 4 aromatic rings. The van der Waals surface area contributed by atoms with E-state index in [1.807, 2.05) is 84.9 Å². The van der Waals surface area contributed by atoms with Crippen LogP contribution < -0.4 is 4.74 Å². The van der Waals surface area contributed by atoms with Crippen LogP contribution in [0.1, 0.15) is 25.7 Å². The first-order valence-electron chi connectivity index (χ1n) is 10.8. The van der Waals surface area contributed by atoms with Crippen molar-refractivity contribution in [2.75, 3.05) is 6.61 Å². The van der Waals surface area contributed by atoms with E-state index in [1.165, 1.54) is 0 Å². The summed E-state index contributed by atoms with van der Waals surface area (Å²) in [5.41, 5.74) is 3.67. The maximum Gasteiger partial charge on any atom is 0.303 e. The van der Waals surface area contributed by atoms with Crippen molar-refractivity contribution in [2.24, 2.45) is 0 Å². The number of oxazole rings is 1. The summed E-state index contributed by atoms with van der Waals surface area (Å²) in [7, 11) is 0. The SMILES string of the molecule is O=C(O)CCCCCOc1ccc(-c2nc(-c3ccccc3)c(-c3ccccc3)o2)cc1. The zero-order valence-electron chi connectivity index (χ0n) is 17.7. The van der Waals surface area contributed by atoms with Gasteiger partial charge in [-0.3, -0.25) is 4.79 Å². The third-order valence-electron chi connectivity index (χ3n) is 5.12. The lowest BCUT2D eigenvalue weighted by Gasteiger charge is -2.06. The average molecular weight is 428 g/mol. The van der Waals surface area contributed by atoms with Gasteiger partial charge in [0.15, 0.2) is 5.76 Å². The number of carboxylic acid groups (broad SMARTS) is 1. The van der Waals surface area contributed by atoms with Crippen LogP contribution in [0.25, 0.3) is 34.0 Å². The van der Waals surface area contributed by atoms with Gasteiger partial charge in [0.25, 0.3) is 0 Å². The van der Waals surface area contributed by atoms with Crippen LogP contribution in [-0.2, 0) is 4.79 Å². The van der Waals surface area contributed by atoms with Gasteiger partial charge >= 0.3 is 5.97 Å². The van der Waals surface area contributed by atoms with E-state index in [0.717, 1.165) is 46.7 Å². The highest BCUT2D eigenvalue weighted by molar-refractivity contribution is 5.79. The van der Waals surface area contributed by atoms with Crippen LogP contribution in [0.2, 0.25) is 0 Å². The summed E-state index contributed by atoms with van der Waals surface area (Å²) in [4.78, 5) is 15.4. The molecule has 1 heterocycles. The van der Waals surface area contributed by atoms with Gasteiger partial charge in [-0.15, -0.1) is 0 Å². The molecular weight excluding hydrogens is 402 g/mol. The summed E-state index contributed by atoms with van der Waals surface area (Å²) in [5.74, 6) is 1.32. The van der Waals surface area contributed by atoms with Gasteiger partial charge in [-0.25, -0.2) is 4.98 Å². The van der Waals surface area contributed by atoms with E-state index in [1.54, 1.807) is 0 Å². The van der Waals surface area contributed by atoms with E-state index < -0.39 is 5.97 Å². The van der Waals surface area contributed by atoms with Crippen molar-refractivity contribution in [1.82, 2.24) is 4.98 Å². The topological polar surface area (TPSA) is 72.6 Å². The number of aromatic nitrogens is 1. The fraction of sp³-hybridized carbons (Fsp3) is 0.185. The lowest BCUT2D eigenvalue weighted by atomic mass is 10.1. The molecular formula is C27H25NO4. The monoisotopic (exact) mass is 427 g/mol. The van der Waals surface area contributed by atoms with Crippen LogP contribution in [0, 0.1) is 0 Å². The minimum Gasteiger partial charge on any atom is -0.494 e. The maximum absolute atomic E-state index is 10.5. The number of benzene rings is 3. The van der Waals surface area contributed by atoms with Crippen molar-refractivity contribution in [3.8, 4) is 39.8 Å². The fourth-order valence-corrected chi connectivity index (χ4v) is 3.46. The average Bonchev–Trinajstić information content (AvgIpc) is 3.28. The molecule has 4 rings (SSSR count). The van der Waals surface area contributed by atoms with Crippen LogP contribution in [0.4, 0.5) is 0 Å². The Morgan fingerprint density at radius 2 is 1.44 bits per heavy atom. The highest BCUT2D eigenvalue weighted by atomic mass is 16.5. The Labute approximate surface area is 187 Å². The summed E-state index contributed by atoms with van der Waals surface area (Å²) in [6.45, 7) is 0.564. The van der Waals surface area contributed by atoms with E-state index in [9.17, 15) is 4.79 Å². The summed E-state index contributed by atoms with van der Waals surface area (Å²) in [5, 5.41) is 8.67. The number of aliphatic carboxylic acids is 1. The second-order valence-electron chi connectivity index (χ2n) is 7.51. The molecule has 1 aromatic heterocycles. The number of unbranched alkanes of at least 4 members (excludes halogenated alkanes) is 2. The van der Waals surface area contributed by atoms with E-state index >= 15 is 0 Å².